The van der Waals surface area contributed by atoms with E-state index in [1.807, 2.05) is 55.5 Å². The van der Waals surface area contributed by atoms with Gasteiger partial charge in [0.05, 0.1) is 5.69 Å². The Balaban J connectivity index is 1.75. The number of hydrogen-bond donors (Lipinski definition) is 1. The molecule has 1 aliphatic rings. The van der Waals surface area contributed by atoms with Crippen LogP contribution in [0.15, 0.2) is 60.7 Å². The van der Waals surface area contributed by atoms with Crippen molar-refractivity contribution in [3.05, 3.63) is 66.2 Å². The average molecular weight is 307 g/mol. The molecule has 0 radical (unpaired) electrons. The molecule has 3 heteroatoms. The van der Waals surface area contributed by atoms with Crippen LogP contribution < -0.4 is 10.1 Å². The first-order valence-electron chi connectivity index (χ1n) is 8.02. The molecule has 0 spiro atoms. The molecule has 23 heavy (non-hydrogen) atoms. The first-order chi connectivity index (χ1) is 11.2. The molecule has 0 aliphatic heterocycles. The highest BCUT2D eigenvalue weighted by Gasteiger charge is 2.19. The first-order valence-corrected chi connectivity index (χ1v) is 8.02. The second-order valence-corrected chi connectivity index (χ2v) is 5.89. The fraction of sp³-hybridized carbons (Fsp3) is 0.250. The fourth-order valence-electron chi connectivity index (χ4n) is 2.73. The molecule has 0 saturated carbocycles. The van der Waals surface area contributed by atoms with Crippen LogP contribution in [0.5, 0.6) is 11.5 Å². The van der Waals surface area contributed by atoms with E-state index in [2.05, 4.69) is 17.5 Å². The van der Waals surface area contributed by atoms with Gasteiger partial charge in [0.25, 0.3) is 0 Å². The minimum atomic E-state index is 0.0482. The van der Waals surface area contributed by atoms with Gasteiger partial charge < -0.3 is 10.1 Å². The molecular formula is C20H21NO2. The molecule has 3 nitrogen and oxygen atoms in total. The number of benzene rings is 2. The Kier molecular flexibility index (Phi) is 4.77. The lowest BCUT2D eigenvalue weighted by Crippen LogP contribution is -2.23. The van der Waals surface area contributed by atoms with Gasteiger partial charge in [0, 0.05) is 5.92 Å². The van der Waals surface area contributed by atoms with E-state index in [-0.39, 0.29) is 11.8 Å². The van der Waals surface area contributed by atoms with Crippen molar-refractivity contribution in [2.45, 2.75) is 26.2 Å². The van der Waals surface area contributed by atoms with Crippen molar-refractivity contribution in [1.29, 1.82) is 0 Å². The van der Waals surface area contributed by atoms with E-state index in [1.54, 1.807) is 0 Å². The number of anilines is 1. The second-order valence-electron chi connectivity index (χ2n) is 5.89. The highest BCUT2D eigenvalue weighted by atomic mass is 16.5. The van der Waals surface area contributed by atoms with Gasteiger partial charge in [0.15, 0.2) is 5.75 Å². The fourth-order valence-corrected chi connectivity index (χ4v) is 2.73. The predicted octanol–water partition coefficient (Wildman–Crippen LogP) is 5.08. The molecule has 1 aliphatic carbocycles. The van der Waals surface area contributed by atoms with Crippen molar-refractivity contribution in [2.75, 3.05) is 5.32 Å². The molecule has 0 bridgehead atoms. The van der Waals surface area contributed by atoms with Crippen LogP contribution in [0.4, 0.5) is 5.69 Å². The van der Waals surface area contributed by atoms with Gasteiger partial charge in [-0.15, -0.1) is 0 Å². The summed E-state index contributed by atoms with van der Waals surface area (Å²) in [7, 11) is 0. The van der Waals surface area contributed by atoms with Gasteiger partial charge in [-0.05, 0) is 56.0 Å². The van der Waals surface area contributed by atoms with E-state index in [0.717, 1.165) is 30.6 Å². The van der Waals surface area contributed by atoms with Crippen LogP contribution in [0.2, 0.25) is 0 Å². The smallest absolute Gasteiger partial charge is 0.227 e. The molecule has 0 heterocycles. The van der Waals surface area contributed by atoms with Crippen LogP contribution in [-0.4, -0.2) is 5.91 Å². The molecule has 2 aromatic rings. The van der Waals surface area contributed by atoms with Crippen molar-refractivity contribution < 1.29 is 9.53 Å². The summed E-state index contributed by atoms with van der Waals surface area (Å²) in [5.41, 5.74) is 1.85. The van der Waals surface area contributed by atoms with E-state index in [9.17, 15) is 4.79 Å². The topological polar surface area (TPSA) is 38.3 Å². The summed E-state index contributed by atoms with van der Waals surface area (Å²) in [6.07, 6.45) is 6.91. The van der Waals surface area contributed by atoms with Crippen molar-refractivity contribution >= 4 is 11.6 Å². The molecule has 1 N–H and O–H groups in total. The van der Waals surface area contributed by atoms with Crippen molar-refractivity contribution in [3.63, 3.8) is 0 Å². The van der Waals surface area contributed by atoms with Gasteiger partial charge >= 0.3 is 0 Å². The molecular weight excluding hydrogens is 286 g/mol. The largest absolute Gasteiger partial charge is 0.455 e. The van der Waals surface area contributed by atoms with Crippen LogP contribution in [0, 0.1) is 12.8 Å². The van der Waals surface area contributed by atoms with Crippen LogP contribution in [0.1, 0.15) is 24.8 Å². The Hall–Kier alpha value is -2.55. The van der Waals surface area contributed by atoms with Gasteiger partial charge in [0.2, 0.25) is 5.91 Å². The Morgan fingerprint density at radius 1 is 1.13 bits per heavy atom. The number of carbonyl (C=O) groups excluding carboxylic acids is 1. The minimum Gasteiger partial charge on any atom is -0.455 e. The third-order valence-electron chi connectivity index (χ3n) is 4.00. The summed E-state index contributed by atoms with van der Waals surface area (Å²) in [6, 6.07) is 15.4. The molecule has 118 valence electrons. The summed E-state index contributed by atoms with van der Waals surface area (Å²) in [6.45, 7) is 2.02. The molecule has 1 unspecified atom stereocenters. The molecule has 1 atom stereocenters. The number of nitrogens with one attached hydrogen (secondary N) is 1. The van der Waals surface area contributed by atoms with Gasteiger partial charge in [-0.25, -0.2) is 0 Å². The zero-order chi connectivity index (χ0) is 16.1. The lowest BCUT2D eigenvalue weighted by atomic mass is 9.93. The monoisotopic (exact) mass is 307 g/mol. The Bertz CT molecular complexity index is 721. The van der Waals surface area contributed by atoms with E-state index < -0.39 is 0 Å². The van der Waals surface area contributed by atoms with Crippen molar-refractivity contribution in [1.82, 2.24) is 0 Å². The second kappa shape index (κ2) is 7.14. The molecule has 2 aromatic carbocycles. The number of carbonyl (C=O) groups is 1. The minimum absolute atomic E-state index is 0.0482. The van der Waals surface area contributed by atoms with Gasteiger partial charge in [-0.2, -0.15) is 0 Å². The Morgan fingerprint density at radius 3 is 2.78 bits per heavy atom. The summed E-state index contributed by atoms with van der Waals surface area (Å²) in [4.78, 5) is 12.4. The number of para-hydroxylation sites is 2. The highest BCUT2D eigenvalue weighted by molar-refractivity contribution is 5.94. The highest BCUT2D eigenvalue weighted by Crippen LogP contribution is 2.30. The maximum absolute atomic E-state index is 12.4. The third kappa shape index (κ3) is 4.01. The van der Waals surface area contributed by atoms with Crippen LogP contribution in [0.3, 0.4) is 0 Å². The summed E-state index contributed by atoms with van der Waals surface area (Å²) in [5.74, 6) is 1.55. The SMILES string of the molecule is Cc1cccc(Oc2ccccc2NC(=O)C2CC=CCC2)c1. The van der Waals surface area contributed by atoms with Crippen LogP contribution in [-0.2, 0) is 4.79 Å². The number of hydrogen-bond acceptors (Lipinski definition) is 2. The normalized spacial score (nSPS) is 16.8. The predicted molar refractivity (Wildman–Crippen MR) is 92.8 cm³/mol. The van der Waals surface area contributed by atoms with Crippen LogP contribution >= 0.6 is 0 Å². The first kappa shape index (κ1) is 15.3. The van der Waals surface area contributed by atoms with Crippen molar-refractivity contribution in [3.8, 4) is 11.5 Å². The maximum Gasteiger partial charge on any atom is 0.227 e. The summed E-state index contributed by atoms with van der Waals surface area (Å²) in [5, 5.41) is 3.02. The van der Waals surface area contributed by atoms with Crippen LogP contribution in [0.25, 0.3) is 0 Å². The zero-order valence-corrected chi connectivity index (χ0v) is 13.3. The third-order valence-corrected chi connectivity index (χ3v) is 4.00. The van der Waals surface area contributed by atoms with E-state index in [4.69, 9.17) is 4.74 Å². The lowest BCUT2D eigenvalue weighted by molar-refractivity contribution is -0.120. The average Bonchev–Trinajstić information content (AvgIpc) is 2.57. The molecule has 0 saturated heterocycles. The van der Waals surface area contributed by atoms with Gasteiger partial charge in [-0.1, -0.05) is 36.4 Å². The Morgan fingerprint density at radius 2 is 2.00 bits per heavy atom. The zero-order valence-electron chi connectivity index (χ0n) is 13.3. The van der Waals surface area contributed by atoms with E-state index >= 15 is 0 Å². The quantitative estimate of drug-likeness (QED) is 0.800. The van der Waals surface area contributed by atoms with E-state index in [0.29, 0.717) is 11.4 Å². The number of allylic oxidation sites excluding steroid dienone is 2. The Labute approximate surface area is 137 Å². The van der Waals surface area contributed by atoms with E-state index in [1.165, 1.54) is 0 Å². The molecule has 0 aromatic heterocycles. The molecule has 1 amide bonds. The van der Waals surface area contributed by atoms with Crippen molar-refractivity contribution in [2.24, 2.45) is 5.92 Å². The molecule has 0 fully saturated rings. The summed E-state index contributed by atoms with van der Waals surface area (Å²) >= 11 is 0. The standard InChI is InChI=1S/C20H21NO2/c1-15-8-7-11-17(14-15)23-19-13-6-5-12-18(19)21-20(22)16-9-3-2-4-10-16/h2-3,5-8,11-14,16H,4,9-10H2,1H3,(H,21,22). The number of aryl methyl sites for hydroxylation is 1. The number of ether oxygens (including phenoxy) is 1. The number of rotatable bonds is 4. The maximum atomic E-state index is 12.4. The summed E-state index contributed by atoms with van der Waals surface area (Å²) < 4.78 is 5.95. The van der Waals surface area contributed by atoms with Gasteiger partial charge in [0.1, 0.15) is 5.75 Å². The van der Waals surface area contributed by atoms with Gasteiger partial charge in [-0.3, -0.25) is 4.79 Å². The lowest BCUT2D eigenvalue weighted by Gasteiger charge is -2.18. The number of amides is 1. The molecule has 3 rings (SSSR count).